The fourth-order valence-corrected chi connectivity index (χ4v) is 3.54. The molecule has 6 nitrogen and oxygen atoms in total. The van der Waals surface area contributed by atoms with E-state index in [0.29, 0.717) is 12.2 Å². The van der Waals surface area contributed by atoms with Crippen molar-refractivity contribution in [1.29, 1.82) is 0 Å². The van der Waals surface area contributed by atoms with Crippen LogP contribution in [0, 0.1) is 0 Å². The maximum absolute atomic E-state index is 12.2. The second kappa shape index (κ2) is 6.70. The Bertz CT molecular complexity index is 888. The number of nitrogens with one attached hydrogen (secondary N) is 2. The van der Waals surface area contributed by atoms with E-state index >= 15 is 0 Å². The van der Waals surface area contributed by atoms with Crippen molar-refractivity contribution in [2.75, 3.05) is 13.7 Å². The van der Waals surface area contributed by atoms with Crippen molar-refractivity contribution >= 4 is 17.2 Å². The largest absolute Gasteiger partial charge is 0.497 e. The lowest BCUT2D eigenvalue weighted by atomic mass is 10.1. The van der Waals surface area contributed by atoms with E-state index < -0.39 is 0 Å². The highest BCUT2D eigenvalue weighted by Gasteiger charge is 2.27. The van der Waals surface area contributed by atoms with Crippen LogP contribution in [0.5, 0.6) is 5.75 Å². The standard InChI is InChI=1S/C18H18N4O2S/c1-24-13-5-2-4-12(8-13)15-9-16-18(23)20-11-17(22(16)21-15)19-10-14-6-3-7-25-14/h2-9,17,19H,10-11H2,1H3,(H,20,23). The average Bonchev–Trinajstić information content (AvgIpc) is 3.31. The second-order valence-electron chi connectivity index (χ2n) is 5.78. The molecular formula is C18H18N4O2S. The summed E-state index contributed by atoms with van der Waals surface area (Å²) in [6, 6.07) is 13.6. The number of benzene rings is 1. The van der Waals surface area contributed by atoms with Gasteiger partial charge in [0.2, 0.25) is 0 Å². The van der Waals surface area contributed by atoms with Crippen molar-refractivity contribution in [3.63, 3.8) is 0 Å². The number of carbonyl (C=O) groups is 1. The molecule has 1 aliphatic rings. The van der Waals surface area contributed by atoms with Gasteiger partial charge in [0, 0.05) is 17.0 Å². The summed E-state index contributed by atoms with van der Waals surface area (Å²) in [7, 11) is 1.63. The predicted molar refractivity (Wildman–Crippen MR) is 96.7 cm³/mol. The Labute approximate surface area is 149 Å². The normalized spacial score (nSPS) is 16.4. The van der Waals surface area contributed by atoms with E-state index in [1.807, 2.05) is 36.4 Å². The second-order valence-corrected chi connectivity index (χ2v) is 6.81. The molecule has 4 rings (SSSR count). The van der Waals surface area contributed by atoms with Gasteiger partial charge in [-0.1, -0.05) is 18.2 Å². The topological polar surface area (TPSA) is 68.2 Å². The van der Waals surface area contributed by atoms with E-state index in [0.717, 1.165) is 23.6 Å². The van der Waals surface area contributed by atoms with Gasteiger partial charge in [0.15, 0.2) is 0 Å². The number of nitrogens with zero attached hydrogens (tertiary/aromatic N) is 2. The van der Waals surface area contributed by atoms with Gasteiger partial charge >= 0.3 is 0 Å². The molecule has 2 N–H and O–H groups in total. The van der Waals surface area contributed by atoms with Crippen LogP contribution in [0.15, 0.2) is 47.8 Å². The van der Waals surface area contributed by atoms with Crippen LogP contribution in [0.4, 0.5) is 0 Å². The third kappa shape index (κ3) is 3.16. The molecule has 0 spiro atoms. The van der Waals surface area contributed by atoms with Crippen molar-refractivity contribution in [2.24, 2.45) is 0 Å². The lowest BCUT2D eigenvalue weighted by Gasteiger charge is -2.25. The molecule has 1 unspecified atom stereocenters. The van der Waals surface area contributed by atoms with Gasteiger partial charge < -0.3 is 10.1 Å². The first-order chi connectivity index (χ1) is 12.2. The Morgan fingerprint density at radius 1 is 1.36 bits per heavy atom. The molecule has 1 aromatic carbocycles. The Morgan fingerprint density at radius 2 is 2.28 bits per heavy atom. The van der Waals surface area contributed by atoms with Gasteiger partial charge in [-0.05, 0) is 29.6 Å². The smallest absolute Gasteiger partial charge is 0.269 e. The maximum Gasteiger partial charge on any atom is 0.269 e. The molecule has 1 aliphatic heterocycles. The van der Waals surface area contributed by atoms with Gasteiger partial charge in [-0.25, -0.2) is 4.68 Å². The van der Waals surface area contributed by atoms with Crippen LogP contribution in [-0.2, 0) is 6.54 Å². The number of methoxy groups -OCH3 is 1. The fraction of sp³-hybridized carbons (Fsp3) is 0.222. The molecule has 25 heavy (non-hydrogen) atoms. The molecule has 3 aromatic rings. The molecule has 3 heterocycles. The van der Waals surface area contributed by atoms with Crippen molar-refractivity contribution in [2.45, 2.75) is 12.7 Å². The van der Waals surface area contributed by atoms with Crippen LogP contribution in [-0.4, -0.2) is 29.3 Å². The predicted octanol–water partition coefficient (Wildman–Crippen LogP) is 2.65. The summed E-state index contributed by atoms with van der Waals surface area (Å²) < 4.78 is 7.05. The van der Waals surface area contributed by atoms with Crippen LogP contribution in [0.1, 0.15) is 21.5 Å². The van der Waals surface area contributed by atoms with Crippen molar-refractivity contribution in [1.82, 2.24) is 20.4 Å². The molecule has 0 bridgehead atoms. The van der Waals surface area contributed by atoms with Crippen LogP contribution in [0.2, 0.25) is 0 Å². The Hall–Kier alpha value is -2.64. The highest BCUT2D eigenvalue weighted by atomic mass is 32.1. The molecule has 0 radical (unpaired) electrons. The molecule has 7 heteroatoms. The Balaban J connectivity index is 1.62. The quantitative estimate of drug-likeness (QED) is 0.739. The van der Waals surface area contributed by atoms with Gasteiger partial charge in [0.1, 0.15) is 17.6 Å². The first-order valence-electron chi connectivity index (χ1n) is 8.02. The minimum atomic E-state index is -0.101. The van der Waals surface area contributed by atoms with Gasteiger partial charge in [-0.15, -0.1) is 11.3 Å². The van der Waals surface area contributed by atoms with Crippen LogP contribution in [0.3, 0.4) is 0 Å². The van der Waals surface area contributed by atoms with E-state index in [1.165, 1.54) is 4.88 Å². The Morgan fingerprint density at radius 3 is 3.08 bits per heavy atom. The number of ether oxygens (including phenoxy) is 1. The van der Waals surface area contributed by atoms with Crippen molar-refractivity contribution in [3.05, 3.63) is 58.4 Å². The Kier molecular flexibility index (Phi) is 4.25. The molecular weight excluding hydrogens is 336 g/mol. The summed E-state index contributed by atoms with van der Waals surface area (Å²) in [4.78, 5) is 13.5. The molecule has 128 valence electrons. The first kappa shape index (κ1) is 15.9. The molecule has 0 saturated heterocycles. The van der Waals surface area contributed by atoms with Crippen LogP contribution >= 0.6 is 11.3 Å². The van der Waals surface area contributed by atoms with Gasteiger partial charge in [0.25, 0.3) is 5.91 Å². The SMILES string of the molecule is COc1cccc(-c2cc3n(n2)C(NCc2cccs2)CNC3=O)c1. The maximum atomic E-state index is 12.2. The number of aromatic nitrogens is 2. The summed E-state index contributed by atoms with van der Waals surface area (Å²) in [5.41, 5.74) is 2.24. The van der Waals surface area contributed by atoms with E-state index in [4.69, 9.17) is 4.74 Å². The van der Waals surface area contributed by atoms with Gasteiger partial charge in [-0.2, -0.15) is 5.10 Å². The lowest BCUT2D eigenvalue weighted by molar-refractivity contribution is 0.0900. The number of fused-ring (bicyclic) bond motifs is 1. The fourth-order valence-electron chi connectivity index (χ4n) is 2.88. The number of carbonyl (C=O) groups excluding carboxylic acids is 1. The number of hydrogen-bond donors (Lipinski definition) is 2. The number of thiophene rings is 1. The van der Waals surface area contributed by atoms with Crippen molar-refractivity contribution < 1.29 is 9.53 Å². The zero-order chi connectivity index (χ0) is 17.2. The van der Waals surface area contributed by atoms with Crippen molar-refractivity contribution in [3.8, 4) is 17.0 Å². The minimum absolute atomic E-state index is 0.0749. The highest BCUT2D eigenvalue weighted by Crippen LogP contribution is 2.26. The lowest BCUT2D eigenvalue weighted by Crippen LogP contribution is -2.45. The minimum Gasteiger partial charge on any atom is -0.497 e. The van der Waals surface area contributed by atoms with E-state index in [9.17, 15) is 4.79 Å². The molecule has 0 aliphatic carbocycles. The summed E-state index contributed by atoms with van der Waals surface area (Å²) in [6.45, 7) is 1.25. The van der Waals surface area contributed by atoms with Gasteiger partial charge in [0.05, 0.1) is 19.3 Å². The summed E-state index contributed by atoms with van der Waals surface area (Å²) in [5, 5.41) is 13.1. The summed E-state index contributed by atoms with van der Waals surface area (Å²) in [6.07, 6.45) is -0.0749. The molecule has 1 amide bonds. The van der Waals surface area contributed by atoms with E-state index in [2.05, 4.69) is 27.2 Å². The first-order valence-corrected chi connectivity index (χ1v) is 8.90. The highest BCUT2D eigenvalue weighted by molar-refractivity contribution is 7.09. The molecule has 0 saturated carbocycles. The summed E-state index contributed by atoms with van der Waals surface area (Å²) in [5.74, 6) is 0.663. The molecule has 1 atom stereocenters. The van der Waals surface area contributed by atoms with E-state index in [1.54, 1.807) is 23.1 Å². The van der Waals surface area contributed by atoms with Crippen LogP contribution in [0.25, 0.3) is 11.3 Å². The molecule has 0 fully saturated rings. The monoisotopic (exact) mass is 354 g/mol. The van der Waals surface area contributed by atoms with Gasteiger partial charge in [-0.3, -0.25) is 10.1 Å². The third-order valence-electron chi connectivity index (χ3n) is 4.18. The van der Waals surface area contributed by atoms with Crippen LogP contribution < -0.4 is 15.4 Å². The zero-order valence-corrected chi connectivity index (χ0v) is 14.5. The molecule has 2 aromatic heterocycles. The zero-order valence-electron chi connectivity index (χ0n) is 13.7. The number of rotatable bonds is 5. The number of hydrogen-bond acceptors (Lipinski definition) is 5. The summed E-state index contributed by atoms with van der Waals surface area (Å²) >= 11 is 1.71. The third-order valence-corrected chi connectivity index (χ3v) is 5.05. The average molecular weight is 354 g/mol. The number of amides is 1. The van der Waals surface area contributed by atoms with E-state index in [-0.39, 0.29) is 12.1 Å².